The second-order valence-electron chi connectivity index (χ2n) is 2.08. The first-order chi connectivity index (χ1) is 4.31. The maximum Gasteiger partial charge on any atom is 0.0652 e. The Morgan fingerprint density at radius 3 is 2.56 bits per heavy atom. The third kappa shape index (κ3) is 4.84. The third-order valence-corrected chi connectivity index (χ3v) is 1.15. The molecule has 0 unspecified atom stereocenters. The fourth-order valence-corrected chi connectivity index (χ4v) is 0.552. The van der Waals surface area contributed by atoms with Crippen LogP contribution in [0, 0.1) is 28.6 Å². The predicted molar refractivity (Wildman–Crippen MR) is 34.2 cm³/mol. The van der Waals surface area contributed by atoms with Crippen LogP contribution in [0.2, 0.25) is 0 Å². The molecule has 2 heteroatoms. The van der Waals surface area contributed by atoms with Crippen molar-refractivity contribution in [2.75, 3.05) is 0 Å². The molecule has 0 fully saturated rings. The maximum atomic E-state index is 8.30. The third-order valence-electron chi connectivity index (χ3n) is 1.15. The van der Waals surface area contributed by atoms with Gasteiger partial charge in [-0.05, 0) is 19.8 Å². The number of unbranched alkanes of at least 4 members (excludes halogenated alkanes) is 1. The minimum atomic E-state index is 0.110. The Morgan fingerprint density at radius 1 is 1.44 bits per heavy atom. The molecule has 1 atom stereocenters. The summed E-state index contributed by atoms with van der Waals surface area (Å²) in [4.78, 5) is 0. The molecule has 0 aliphatic rings. The van der Waals surface area contributed by atoms with Gasteiger partial charge in [0.25, 0.3) is 0 Å². The standard InChI is InChI=1S/C7H10N2/c1-7(6-9)4-2-3-5-8/h7H,2-4H2,1H3/t7-/m0/s1. The molecule has 48 valence electrons. The van der Waals surface area contributed by atoms with Crippen molar-refractivity contribution in [1.82, 2.24) is 0 Å². The normalized spacial score (nSPS) is 11.4. The lowest BCUT2D eigenvalue weighted by molar-refractivity contribution is 0.625. The van der Waals surface area contributed by atoms with Crippen LogP contribution in [-0.2, 0) is 0 Å². The zero-order chi connectivity index (χ0) is 7.11. The lowest BCUT2D eigenvalue weighted by Crippen LogP contribution is -1.87. The van der Waals surface area contributed by atoms with Gasteiger partial charge in [-0.25, -0.2) is 0 Å². The summed E-state index contributed by atoms with van der Waals surface area (Å²) in [6.45, 7) is 1.87. The van der Waals surface area contributed by atoms with Gasteiger partial charge in [-0.1, -0.05) is 0 Å². The molecule has 0 saturated carbocycles. The van der Waals surface area contributed by atoms with E-state index in [0.29, 0.717) is 6.42 Å². The van der Waals surface area contributed by atoms with Crippen molar-refractivity contribution in [3.8, 4) is 12.1 Å². The number of hydrogen-bond acceptors (Lipinski definition) is 2. The van der Waals surface area contributed by atoms with E-state index in [0.717, 1.165) is 12.8 Å². The van der Waals surface area contributed by atoms with Gasteiger partial charge in [-0.3, -0.25) is 0 Å². The van der Waals surface area contributed by atoms with Gasteiger partial charge in [-0.15, -0.1) is 0 Å². The van der Waals surface area contributed by atoms with Crippen molar-refractivity contribution >= 4 is 0 Å². The molecule has 0 aromatic carbocycles. The maximum absolute atomic E-state index is 8.30. The van der Waals surface area contributed by atoms with Crippen molar-refractivity contribution in [3.05, 3.63) is 0 Å². The van der Waals surface area contributed by atoms with Crippen LogP contribution in [0.3, 0.4) is 0 Å². The zero-order valence-corrected chi connectivity index (χ0v) is 5.59. The molecule has 0 amide bonds. The fourth-order valence-electron chi connectivity index (χ4n) is 0.552. The first-order valence-corrected chi connectivity index (χ1v) is 3.08. The number of rotatable bonds is 3. The van der Waals surface area contributed by atoms with Gasteiger partial charge in [0, 0.05) is 12.3 Å². The van der Waals surface area contributed by atoms with Gasteiger partial charge in [-0.2, -0.15) is 10.5 Å². The fraction of sp³-hybridized carbons (Fsp3) is 0.714. The van der Waals surface area contributed by atoms with Crippen LogP contribution in [0.5, 0.6) is 0 Å². The average molecular weight is 122 g/mol. The molecule has 0 aromatic rings. The van der Waals surface area contributed by atoms with Crippen LogP contribution in [0.15, 0.2) is 0 Å². The van der Waals surface area contributed by atoms with Crippen LogP contribution in [0.25, 0.3) is 0 Å². The van der Waals surface area contributed by atoms with E-state index in [-0.39, 0.29) is 5.92 Å². The van der Waals surface area contributed by atoms with Crippen LogP contribution < -0.4 is 0 Å². The molecule has 0 aliphatic carbocycles. The molecule has 9 heavy (non-hydrogen) atoms. The van der Waals surface area contributed by atoms with Crippen molar-refractivity contribution in [2.45, 2.75) is 26.2 Å². The van der Waals surface area contributed by atoms with Crippen LogP contribution in [0.4, 0.5) is 0 Å². The SMILES string of the molecule is C[C@H](C#N)CCCC#N. The zero-order valence-electron chi connectivity index (χ0n) is 5.59. The van der Waals surface area contributed by atoms with Gasteiger partial charge in [0.1, 0.15) is 0 Å². The van der Waals surface area contributed by atoms with Gasteiger partial charge in [0.05, 0.1) is 12.1 Å². The van der Waals surface area contributed by atoms with E-state index in [9.17, 15) is 0 Å². The topological polar surface area (TPSA) is 47.6 Å². The highest BCUT2D eigenvalue weighted by atomic mass is 14.3. The van der Waals surface area contributed by atoms with E-state index in [2.05, 4.69) is 6.07 Å². The Bertz CT molecular complexity index is 138. The Morgan fingerprint density at radius 2 is 2.11 bits per heavy atom. The van der Waals surface area contributed by atoms with E-state index in [1.807, 2.05) is 13.0 Å². The highest BCUT2D eigenvalue weighted by Crippen LogP contribution is 2.04. The summed E-state index contributed by atoms with van der Waals surface area (Å²) in [7, 11) is 0. The summed E-state index contributed by atoms with van der Waals surface area (Å²) in [5.74, 6) is 0.110. The van der Waals surface area contributed by atoms with E-state index in [1.54, 1.807) is 0 Å². The van der Waals surface area contributed by atoms with E-state index in [4.69, 9.17) is 10.5 Å². The predicted octanol–water partition coefficient (Wildman–Crippen LogP) is 1.84. The molecular formula is C7H10N2. The Hall–Kier alpha value is -1.02. The summed E-state index contributed by atoms with van der Waals surface area (Å²) in [6, 6.07) is 4.15. The summed E-state index contributed by atoms with van der Waals surface area (Å²) in [5.41, 5.74) is 0. The first-order valence-electron chi connectivity index (χ1n) is 3.08. The molecule has 0 aliphatic heterocycles. The second kappa shape index (κ2) is 5.12. The van der Waals surface area contributed by atoms with Crippen LogP contribution in [-0.4, -0.2) is 0 Å². The van der Waals surface area contributed by atoms with Crippen LogP contribution in [0.1, 0.15) is 26.2 Å². The molecular weight excluding hydrogens is 112 g/mol. The highest BCUT2D eigenvalue weighted by Gasteiger charge is 1.96. The quantitative estimate of drug-likeness (QED) is 0.536. The monoisotopic (exact) mass is 122 g/mol. The minimum absolute atomic E-state index is 0.110. The Labute approximate surface area is 55.7 Å². The lowest BCUT2D eigenvalue weighted by Gasteiger charge is -1.95. The molecule has 0 spiro atoms. The van der Waals surface area contributed by atoms with Crippen LogP contribution >= 0.6 is 0 Å². The molecule has 0 rings (SSSR count). The molecule has 0 radical (unpaired) electrons. The highest BCUT2D eigenvalue weighted by molar-refractivity contribution is 4.79. The van der Waals surface area contributed by atoms with Crippen molar-refractivity contribution in [1.29, 1.82) is 10.5 Å². The second-order valence-corrected chi connectivity index (χ2v) is 2.08. The lowest BCUT2D eigenvalue weighted by atomic mass is 10.1. The van der Waals surface area contributed by atoms with Crippen molar-refractivity contribution < 1.29 is 0 Å². The van der Waals surface area contributed by atoms with E-state index in [1.165, 1.54) is 0 Å². The smallest absolute Gasteiger partial charge is 0.0652 e. The Kier molecular flexibility index (Phi) is 4.54. The molecule has 0 N–H and O–H groups in total. The molecule has 0 saturated heterocycles. The molecule has 0 heterocycles. The van der Waals surface area contributed by atoms with E-state index < -0.39 is 0 Å². The summed E-state index contributed by atoms with van der Waals surface area (Å²) in [5, 5.41) is 16.4. The first kappa shape index (κ1) is 7.98. The Balaban J connectivity index is 3.12. The molecule has 0 aromatic heterocycles. The minimum Gasteiger partial charge on any atom is -0.198 e. The van der Waals surface area contributed by atoms with Gasteiger partial charge >= 0.3 is 0 Å². The van der Waals surface area contributed by atoms with Gasteiger partial charge < -0.3 is 0 Å². The van der Waals surface area contributed by atoms with Gasteiger partial charge in [0.2, 0.25) is 0 Å². The molecule has 2 nitrogen and oxygen atoms in total. The number of hydrogen-bond donors (Lipinski definition) is 0. The molecule has 0 bridgehead atoms. The van der Waals surface area contributed by atoms with Gasteiger partial charge in [0.15, 0.2) is 0 Å². The summed E-state index contributed by atoms with van der Waals surface area (Å²) >= 11 is 0. The summed E-state index contributed by atoms with van der Waals surface area (Å²) < 4.78 is 0. The largest absolute Gasteiger partial charge is 0.198 e. The van der Waals surface area contributed by atoms with Crippen molar-refractivity contribution in [2.24, 2.45) is 5.92 Å². The average Bonchev–Trinajstić information content (AvgIpc) is 1.89. The van der Waals surface area contributed by atoms with Crippen molar-refractivity contribution in [3.63, 3.8) is 0 Å². The summed E-state index contributed by atoms with van der Waals surface area (Å²) in [6.07, 6.45) is 2.28. The number of nitriles is 2. The number of nitrogens with zero attached hydrogens (tertiary/aromatic N) is 2. The van der Waals surface area contributed by atoms with E-state index >= 15 is 0 Å².